The maximum absolute atomic E-state index is 12.0. The Morgan fingerprint density at radius 1 is 1.34 bits per heavy atom. The lowest BCUT2D eigenvalue weighted by atomic mass is 10.0. The van der Waals surface area contributed by atoms with Crippen LogP contribution < -0.4 is 0 Å². The van der Waals surface area contributed by atoms with E-state index in [2.05, 4.69) is 15.0 Å². The van der Waals surface area contributed by atoms with E-state index in [1.54, 1.807) is 18.7 Å². The van der Waals surface area contributed by atoms with Crippen LogP contribution in [0.15, 0.2) is 24.3 Å². The van der Waals surface area contributed by atoms with Gasteiger partial charge in [-0.1, -0.05) is 35.1 Å². The van der Waals surface area contributed by atoms with Gasteiger partial charge in [0, 0.05) is 31.2 Å². The fourth-order valence-corrected chi connectivity index (χ4v) is 4.97. The number of halogens is 1. The van der Waals surface area contributed by atoms with Gasteiger partial charge in [-0.05, 0) is 31.5 Å². The number of nitrogens with zero attached hydrogens (tertiary/aromatic N) is 5. The number of carbonyl (C=O) groups excluding carboxylic acids is 1. The molecule has 1 aliphatic heterocycles. The number of thiazole rings is 1. The van der Waals surface area contributed by atoms with Gasteiger partial charge in [0.1, 0.15) is 5.82 Å². The summed E-state index contributed by atoms with van der Waals surface area (Å²) in [5.41, 5.74) is 0.971. The van der Waals surface area contributed by atoms with Crippen molar-refractivity contribution >= 4 is 34.0 Å². The van der Waals surface area contributed by atoms with Crippen molar-refractivity contribution in [3.05, 3.63) is 45.6 Å². The lowest BCUT2D eigenvalue weighted by Crippen LogP contribution is -2.49. The zero-order chi connectivity index (χ0) is 20.5. The number of aromatic nitrogens is 3. The number of piperazine rings is 1. The normalized spacial score (nSPS) is 16.3. The highest BCUT2D eigenvalue weighted by atomic mass is 35.5. The van der Waals surface area contributed by atoms with E-state index in [9.17, 15) is 9.90 Å². The van der Waals surface area contributed by atoms with Crippen LogP contribution in [0.1, 0.15) is 29.2 Å². The molecule has 1 fully saturated rings. The molecule has 29 heavy (non-hydrogen) atoms. The lowest BCUT2D eigenvalue weighted by Gasteiger charge is -2.38. The fourth-order valence-electron chi connectivity index (χ4n) is 3.61. The molecule has 8 nitrogen and oxygen atoms in total. The quantitative estimate of drug-likeness (QED) is 0.676. The van der Waals surface area contributed by atoms with Gasteiger partial charge in [0.25, 0.3) is 0 Å². The Morgan fingerprint density at radius 3 is 2.76 bits per heavy atom. The van der Waals surface area contributed by atoms with Crippen LogP contribution >= 0.6 is 22.9 Å². The molecule has 1 amide bonds. The van der Waals surface area contributed by atoms with Crippen LogP contribution in [0.4, 0.5) is 4.79 Å². The van der Waals surface area contributed by atoms with E-state index in [1.807, 2.05) is 24.3 Å². The maximum atomic E-state index is 12.0. The summed E-state index contributed by atoms with van der Waals surface area (Å²) >= 11 is 7.67. The van der Waals surface area contributed by atoms with Gasteiger partial charge in [0.2, 0.25) is 10.8 Å². The number of rotatable bonds is 4. The zero-order valence-electron chi connectivity index (χ0n) is 16.2. The monoisotopic (exact) mass is 435 g/mol. The van der Waals surface area contributed by atoms with Gasteiger partial charge in [-0.2, -0.15) is 4.52 Å². The number of benzene rings is 1. The largest absolute Gasteiger partial charge is 0.492 e. The van der Waals surface area contributed by atoms with Crippen LogP contribution in [0.2, 0.25) is 5.02 Å². The lowest BCUT2D eigenvalue weighted by molar-refractivity contribution is 0.0715. The first-order valence-corrected chi connectivity index (χ1v) is 10.6. The van der Waals surface area contributed by atoms with Crippen molar-refractivity contribution in [2.24, 2.45) is 0 Å². The fraction of sp³-hybridized carbons (Fsp3) is 0.421. The molecule has 0 unspecified atom stereocenters. The summed E-state index contributed by atoms with van der Waals surface area (Å²) in [6.07, 6.45) is -0.288. The van der Waals surface area contributed by atoms with E-state index in [1.165, 1.54) is 15.9 Å². The molecule has 0 bridgehead atoms. The number of hydrogen-bond acceptors (Lipinski definition) is 7. The molecule has 1 aromatic carbocycles. The number of ether oxygens (including phenoxy) is 1. The third kappa shape index (κ3) is 3.90. The van der Waals surface area contributed by atoms with E-state index in [-0.39, 0.29) is 18.0 Å². The number of amides is 1. The molecule has 2 aromatic heterocycles. The van der Waals surface area contributed by atoms with Crippen LogP contribution in [0.25, 0.3) is 4.96 Å². The average molecular weight is 436 g/mol. The molecule has 10 heteroatoms. The molecule has 4 rings (SSSR count). The first kappa shape index (κ1) is 19.9. The Kier molecular flexibility index (Phi) is 5.62. The summed E-state index contributed by atoms with van der Waals surface area (Å²) in [6, 6.07) is 7.41. The average Bonchev–Trinajstić information content (AvgIpc) is 3.20. The summed E-state index contributed by atoms with van der Waals surface area (Å²) in [6.45, 7) is 6.34. The predicted octanol–water partition coefficient (Wildman–Crippen LogP) is 3.32. The summed E-state index contributed by atoms with van der Waals surface area (Å²) in [5, 5.41) is 15.8. The van der Waals surface area contributed by atoms with E-state index in [4.69, 9.17) is 16.3 Å². The topological polar surface area (TPSA) is 83.2 Å². The second-order valence-corrected chi connectivity index (χ2v) is 8.27. The molecule has 3 aromatic rings. The Morgan fingerprint density at radius 2 is 2.10 bits per heavy atom. The highest BCUT2D eigenvalue weighted by Gasteiger charge is 2.33. The van der Waals surface area contributed by atoms with Crippen molar-refractivity contribution in [1.82, 2.24) is 24.4 Å². The van der Waals surface area contributed by atoms with Crippen LogP contribution in [-0.4, -0.2) is 68.4 Å². The molecule has 1 saturated heterocycles. The first-order chi connectivity index (χ1) is 14.0. The van der Waals surface area contributed by atoms with Crippen molar-refractivity contribution in [2.45, 2.75) is 19.9 Å². The van der Waals surface area contributed by atoms with Gasteiger partial charge in [0.15, 0.2) is 0 Å². The number of carbonyl (C=O) groups is 1. The van der Waals surface area contributed by atoms with Crippen LogP contribution in [-0.2, 0) is 4.74 Å². The van der Waals surface area contributed by atoms with Gasteiger partial charge in [0.05, 0.1) is 17.5 Å². The van der Waals surface area contributed by atoms with E-state index < -0.39 is 0 Å². The molecule has 0 saturated carbocycles. The molecule has 154 valence electrons. The second-order valence-electron chi connectivity index (χ2n) is 6.82. The highest BCUT2D eigenvalue weighted by Crippen LogP contribution is 2.40. The number of aromatic hydroxyl groups is 1. The van der Waals surface area contributed by atoms with Crippen LogP contribution in [0.3, 0.4) is 0 Å². The molecule has 3 heterocycles. The zero-order valence-corrected chi connectivity index (χ0v) is 17.8. The van der Waals surface area contributed by atoms with E-state index in [0.717, 1.165) is 10.4 Å². The molecule has 1 atom stereocenters. The summed E-state index contributed by atoms with van der Waals surface area (Å²) in [5.74, 6) is 0.698. The highest BCUT2D eigenvalue weighted by molar-refractivity contribution is 7.17. The van der Waals surface area contributed by atoms with E-state index in [0.29, 0.717) is 48.6 Å². The minimum absolute atomic E-state index is 0.0865. The van der Waals surface area contributed by atoms with Crippen molar-refractivity contribution in [1.29, 1.82) is 0 Å². The van der Waals surface area contributed by atoms with E-state index >= 15 is 0 Å². The number of hydrogen-bond donors (Lipinski definition) is 1. The van der Waals surface area contributed by atoms with Gasteiger partial charge < -0.3 is 14.7 Å². The van der Waals surface area contributed by atoms with Crippen molar-refractivity contribution in [3.8, 4) is 5.88 Å². The van der Waals surface area contributed by atoms with Crippen LogP contribution in [0.5, 0.6) is 5.88 Å². The molecule has 1 aliphatic rings. The molecular formula is C19H22ClN5O3S. The first-order valence-electron chi connectivity index (χ1n) is 9.44. The summed E-state index contributed by atoms with van der Waals surface area (Å²) in [7, 11) is 0. The van der Waals surface area contributed by atoms with Gasteiger partial charge >= 0.3 is 6.09 Å². The van der Waals surface area contributed by atoms with Gasteiger partial charge in [-0.3, -0.25) is 4.90 Å². The summed E-state index contributed by atoms with van der Waals surface area (Å²) in [4.78, 5) is 21.8. The van der Waals surface area contributed by atoms with Crippen molar-refractivity contribution in [2.75, 3.05) is 32.8 Å². The third-order valence-corrected chi connectivity index (χ3v) is 6.23. The van der Waals surface area contributed by atoms with Crippen molar-refractivity contribution in [3.63, 3.8) is 0 Å². The Bertz CT molecular complexity index is 1030. The smallest absolute Gasteiger partial charge is 0.409 e. The predicted molar refractivity (Wildman–Crippen MR) is 111 cm³/mol. The molecule has 1 N–H and O–H groups in total. The minimum atomic E-state index is -0.288. The van der Waals surface area contributed by atoms with Crippen molar-refractivity contribution < 1.29 is 14.6 Å². The Balaban J connectivity index is 1.67. The number of aryl methyl sites for hydroxylation is 1. The third-order valence-electron chi connectivity index (χ3n) is 4.92. The standard InChI is InChI=1S/C19H22ClN5O3S/c1-3-28-19(27)24-9-7-23(8-10-24)15(13-5-4-6-14(20)11-13)16-17(26)25-18(29-16)21-12(2)22-25/h4-6,11,15,26H,3,7-10H2,1-2H3/t15-/m0/s1. The molecule has 0 spiro atoms. The molecule has 0 aliphatic carbocycles. The summed E-state index contributed by atoms with van der Waals surface area (Å²) < 4.78 is 6.59. The molecular weight excluding hydrogens is 414 g/mol. The Hall–Kier alpha value is -2.36. The Labute approximate surface area is 177 Å². The molecule has 0 radical (unpaired) electrons. The van der Waals surface area contributed by atoms with Gasteiger partial charge in [-0.15, -0.1) is 5.10 Å². The number of fused-ring (bicyclic) bond motifs is 1. The van der Waals surface area contributed by atoms with Gasteiger partial charge in [-0.25, -0.2) is 9.78 Å². The SMILES string of the molecule is CCOC(=O)N1CCN([C@@H](c2cccc(Cl)c2)c2sc3nc(C)nn3c2O)CC1. The maximum Gasteiger partial charge on any atom is 0.409 e. The second kappa shape index (κ2) is 8.17. The minimum Gasteiger partial charge on any atom is -0.492 e. The van der Waals surface area contributed by atoms with Crippen LogP contribution in [0, 0.1) is 6.92 Å².